The van der Waals surface area contributed by atoms with E-state index >= 15 is 0 Å². The van der Waals surface area contributed by atoms with Gasteiger partial charge in [-0.3, -0.25) is 0 Å². The third-order valence-electron chi connectivity index (χ3n) is 12.2. The molecule has 60 heavy (non-hydrogen) atoms. The van der Waals surface area contributed by atoms with Gasteiger partial charge in [0.1, 0.15) is 5.58 Å². The van der Waals surface area contributed by atoms with Crippen LogP contribution in [0.2, 0.25) is 0 Å². The normalized spacial score (nSPS) is 11.7. The number of nitrogens with zero attached hydrogens (tertiary/aromatic N) is 1. The maximum atomic E-state index is 6.99. The Balaban J connectivity index is 1.11. The van der Waals surface area contributed by atoms with Crippen molar-refractivity contribution in [3.63, 3.8) is 0 Å². The quantitative estimate of drug-likeness (QED) is 0.157. The van der Waals surface area contributed by atoms with Gasteiger partial charge in [0.2, 0.25) is 0 Å². The predicted molar refractivity (Wildman–Crippen MR) is 255 cm³/mol. The van der Waals surface area contributed by atoms with Gasteiger partial charge in [0.05, 0.1) is 11.4 Å². The maximum absolute atomic E-state index is 6.99. The topological polar surface area (TPSA) is 16.4 Å². The number of benzene rings is 11. The van der Waals surface area contributed by atoms with E-state index in [1.54, 1.807) is 0 Å². The Hall–Kier alpha value is -7.94. The lowest BCUT2D eigenvalue weighted by molar-refractivity contribution is 0.673. The molecule has 0 aliphatic heterocycles. The molecule has 0 saturated heterocycles. The Morgan fingerprint density at radius 2 is 0.767 bits per heavy atom. The van der Waals surface area contributed by atoms with Gasteiger partial charge in [-0.2, -0.15) is 0 Å². The Morgan fingerprint density at radius 1 is 0.267 bits per heavy atom. The van der Waals surface area contributed by atoms with Gasteiger partial charge in [-0.25, -0.2) is 0 Å². The largest absolute Gasteiger partial charge is 0.453 e. The molecule has 0 unspecified atom stereocenters. The van der Waals surface area contributed by atoms with Crippen LogP contribution in [0, 0.1) is 0 Å². The van der Waals surface area contributed by atoms with Crippen molar-refractivity contribution < 1.29 is 4.42 Å². The summed E-state index contributed by atoms with van der Waals surface area (Å²) in [7, 11) is 0. The second-order valence-electron chi connectivity index (χ2n) is 15.6. The first-order valence-corrected chi connectivity index (χ1v) is 20.6. The number of furan rings is 1. The summed E-state index contributed by atoms with van der Waals surface area (Å²) in [6.07, 6.45) is 0. The molecule has 0 spiro atoms. The summed E-state index contributed by atoms with van der Waals surface area (Å²) in [5, 5.41) is 11.8. The van der Waals surface area contributed by atoms with Gasteiger partial charge in [0, 0.05) is 27.2 Å². The van der Waals surface area contributed by atoms with E-state index in [9.17, 15) is 0 Å². The zero-order valence-electron chi connectivity index (χ0n) is 32.7. The smallest absolute Gasteiger partial charge is 0.159 e. The molecular weight excluding hydrogens is 727 g/mol. The summed E-state index contributed by atoms with van der Waals surface area (Å²) >= 11 is 0. The lowest BCUT2D eigenvalue weighted by Gasteiger charge is -2.27. The third-order valence-corrected chi connectivity index (χ3v) is 12.2. The maximum Gasteiger partial charge on any atom is 0.159 e. The van der Waals surface area contributed by atoms with E-state index in [2.05, 4.69) is 229 Å². The summed E-state index contributed by atoms with van der Waals surface area (Å²) in [5.74, 6) is 0. The van der Waals surface area contributed by atoms with Crippen LogP contribution in [0.1, 0.15) is 0 Å². The van der Waals surface area contributed by atoms with Crippen molar-refractivity contribution in [3.05, 3.63) is 224 Å². The van der Waals surface area contributed by atoms with Crippen molar-refractivity contribution in [2.24, 2.45) is 0 Å². The molecule has 2 nitrogen and oxygen atoms in total. The number of hydrogen-bond donors (Lipinski definition) is 0. The molecule has 11 aromatic carbocycles. The van der Waals surface area contributed by atoms with Crippen molar-refractivity contribution in [1.29, 1.82) is 0 Å². The molecule has 12 aromatic rings. The molecule has 12 rings (SSSR count). The highest BCUT2D eigenvalue weighted by molar-refractivity contribution is 6.22. The van der Waals surface area contributed by atoms with Crippen LogP contribution in [0.3, 0.4) is 0 Å². The molecular formula is C58H37NO. The summed E-state index contributed by atoms with van der Waals surface area (Å²) < 4.78 is 6.99. The molecule has 0 aliphatic rings. The van der Waals surface area contributed by atoms with Gasteiger partial charge in [-0.1, -0.05) is 188 Å². The van der Waals surface area contributed by atoms with E-state index < -0.39 is 0 Å². The second kappa shape index (κ2) is 13.9. The van der Waals surface area contributed by atoms with Crippen LogP contribution in [0.5, 0.6) is 0 Å². The summed E-state index contributed by atoms with van der Waals surface area (Å²) in [6, 6.07) is 81.2. The molecule has 0 atom stereocenters. The van der Waals surface area contributed by atoms with Gasteiger partial charge in [0.25, 0.3) is 0 Å². The zero-order chi connectivity index (χ0) is 39.6. The minimum atomic E-state index is 0.862. The predicted octanol–water partition coefficient (Wildman–Crippen LogP) is 16.7. The van der Waals surface area contributed by atoms with E-state index in [1.165, 1.54) is 60.0 Å². The lowest BCUT2D eigenvalue weighted by Crippen LogP contribution is -2.11. The van der Waals surface area contributed by atoms with Crippen LogP contribution in [0.15, 0.2) is 229 Å². The SMILES string of the molecule is c1ccc(-c2c(-c3ccccc3)c3cc(-c4cccc(N(c5cccc6ccccc56)c5cccc6c5oc5c7ccccc7ccc65)c4)ccc3c3ccccc23)cc1. The third kappa shape index (κ3) is 5.42. The minimum Gasteiger partial charge on any atom is -0.453 e. The number of hydrogen-bond acceptors (Lipinski definition) is 2. The fourth-order valence-electron chi connectivity index (χ4n) is 9.50. The van der Waals surface area contributed by atoms with Crippen molar-refractivity contribution in [1.82, 2.24) is 0 Å². The zero-order valence-corrected chi connectivity index (χ0v) is 32.7. The molecule has 280 valence electrons. The van der Waals surface area contributed by atoms with Crippen LogP contribution in [0.4, 0.5) is 17.1 Å². The summed E-state index contributed by atoms with van der Waals surface area (Å²) in [5.41, 5.74) is 12.1. The molecule has 0 amide bonds. The lowest BCUT2D eigenvalue weighted by atomic mass is 9.84. The molecule has 0 aliphatic carbocycles. The van der Waals surface area contributed by atoms with Crippen molar-refractivity contribution in [2.45, 2.75) is 0 Å². The molecule has 0 bridgehead atoms. The van der Waals surface area contributed by atoms with E-state index in [-0.39, 0.29) is 0 Å². The van der Waals surface area contributed by atoms with Crippen LogP contribution < -0.4 is 4.90 Å². The number of rotatable bonds is 6. The van der Waals surface area contributed by atoms with Gasteiger partial charge in [-0.05, 0) is 102 Å². The second-order valence-corrected chi connectivity index (χ2v) is 15.6. The monoisotopic (exact) mass is 763 g/mol. The molecule has 0 fully saturated rings. The molecule has 1 aromatic heterocycles. The van der Waals surface area contributed by atoms with Crippen molar-refractivity contribution in [2.75, 3.05) is 4.90 Å². The van der Waals surface area contributed by atoms with Gasteiger partial charge in [0.15, 0.2) is 5.58 Å². The first-order valence-electron chi connectivity index (χ1n) is 20.6. The highest BCUT2D eigenvalue weighted by Crippen LogP contribution is 2.48. The fourth-order valence-corrected chi connectivity index (χ4v) is 9.50. The van der Waals surface area contributed by atoms with Gasteiger partial charge < -0.3 is 9.32 Å². The van der Waals surface area contributed by atoms with E-state index in [4.69, 9.17) is 4.42 Å². The van der Waals surface area contributed by atoms with Crippen LogP contribution >= 0.6 is 0 Å². The fraction of sp³-hybridized carbons (Fsp3) is 0. The van der Waals surface area contributed by atoms with Crippen LogP contribution in [-0.2, 0) is 0 Å². The Labute approximate surface area is 347 Å². The van der Waals surface area contributed by atoms with Crippen molar-refractivity contribution >= 4 is 82.1 Å². The molecule has 0 N–H and O–H groups in total. The number of anilines is 3. The Morgan fingerprint density at radius 3 is 1.55 bits per heavy atom. The van der Waals surface area contributed by atoms with Gasteiger partial charge in [-0.15, -0.1) is 0 Å². The van der Waals surface area contributed by atoms with E-state index in [0.29, 0.717) is 0 Å². The number of para-hydroxylation sites is 1. The average molecular weight is 764 g/mol. The summed E-state index contributed by atoms with van der Waals surface area (Å²) in [6.45, 7) is 0. The molecule has 1 heterocycles. The first-order chi connectivity index (χ1) is 29.8. The molecule has 2 heteroatoms. The average Bonchev–Trinajstić information content (AvgIpc) is 3.72. The van der Waals surface area contributed by atoms with E-state index in [0.717, 1.165) is 55.5 Å². The summed E-state index contributed by atoms with van der Waals surface area (Å²) in [4.78, 5) is 2.39. The van der Waals surface area contributed by atoms with Gasteiger partial charge >= 0.3 is 0 Å². The number of fused-ring (bicyclic) bond motifs is 9. The minimum absolute atomic E-state index is 0.862. The Kier molecular flexibility index (Phi) is 7.89. The molecule has 0 radical (unpaired) electrons. The highest BCUT2D eigenvalue weighted by Gasteiger charge is 2.23. The van der Waals surface area contributed by atoms with Crippen LogP contribution in [0.25, 0.3) is 98.4 Å². The van der Waals surface area contributed by atoms with Crippen molar-refractivity contribution in [3.8, 4) is 33.4 Å². The Bertz CT molecular complexity index is 3600. The highest BCUT2D eigenvalue weighted by atomic mass is 16.3. The molecule has 0 saturated carbocycles. The standard InChI is InChI=1S/C58H37NO/c1-3-18-40(19-4-1)55-49-28-12-11-27-47(49)48-34-33-43(37-52(48)56(55)41-20-5-2-6-21-41)42-23-13-24-44(36-42)59(53-30-14-22-38-16-7-9-25-45(38)53)54-31-15-29-50-51-35-32-39-17-8-10-26-46(39)57(51)60-58(50)54/h1-37H. The first kappa shape index (κ1) is 34.1. The van der Waals surface area contributed by atoms with E-state index in [1.807, 2.05) is 0 Å². The van der Waals surface area contributed by atoms with Crippen LogP contribution in [-0.4, -0.2) is 0 Å².